The predicted molar refractivity (Wildman–Crippen MR) is 83.2 cm³/mol. The quantitative estimate of drug-likeness (QED) is 0.625. The van der Waals surface area contributed by atoms with E-state index >= 15 is 0 Å². The van der Waals surface area contributed by atoms with Crippen molar-refractivity contribution >= 4 is 17.3 Å². The lowest BCUT2D eigenvalue weighted by molar-refractivity contribution is 0.114. The molecule has 5 heteroatoms. The van der Waals surface area contributed by atoms with Gasteiger partial charge in [0.15, 0.2) is 5.96 Å². The molecule has 0 amide bonds. The van der Waals surface area contributed by atoms with Crippen LogP contribution in [0.3, 0.4) is 0 Å². The second kappa shape index (κ2) is 7.09. The first kappa shape index (κ1) is 13.9. The summed E-state index contributed by atoms with van der Waals surface area (Å²) >= 11 is 1.76. The van der Waals surface area contributed by atoms with E-state index in [2.05, 4.69) is 33.1 Å². The Balaban J connectivity index is 1.49. The SMILES string of the molecule is c1csc(CN=C(NCC2CC2)NCC2CCCO2)c1. The number of nitrogens with zero attached hydrogens (tertiary/aromatic N) is 1. The van der Waals surface area contributed by atoms with Crippen molar-refractivity contribution in [2.24, 2.45) is 10.9 Å². The number of aliphatic imine (C=N–C) groups is 1. The molecule has 1 aliphatic carbocycles. The Kier molecular flexibility index (Phi) is 4.92. The van der Waals surface area contributed by atoms with E-state index in [1.54, 1.807) is 11.3 Å². The summed E-state index contributed by atoms with van der Waals surface area (Å²) in [5.74, 6) is 1.78. The van der Waals surface area contributed by atoms with Gasteiger partial charge in [0.2, 0.25) is 0 Å². The molecule has 1 saturated heterocycles. The summed E-state index contributed by atoms with van der Waals surface area (Å²) in [6.07, 6.45) is 5.41. The number of guanidine groups is 1. The van der Waals surface area contributed by atoms with E-state index in [0.717, 1.165) is 44.5 Å². The molecular weight excluding hydrogens is 270 g/mol. The van der Waals surface area contributed by atoms with Gasteiger partial charge in [-0.3, -0.25) is 0 Å². The van der Waals surface area contributed by atoms with Gasteiger partial charge in [-0.2, -0.15) is 0 Å². The number of thiophene rings is 1. The Morgan fingerprint density at radius 2 is 2.20 bits per heavy atom. The fourth-order valence-electron chi connectivity index (χ4n) is 2.31. The molecule has 0 spiro atoms. The summed E-state index contributed by atoms with van der Waals surface area (Å²) in [4.78, 5) is 5.98. The highest BCUT2D eigenvalue weighted by Gasteiger charge is 2.21. The third kappa shape index (κ3) is 4.49. The molecule has 0 aromatic carbocycles. The first-order valence-electron chi connectivity index (χ1n) is 7.56. The van der Waals surface area contributed by atoms with Crippen LogP contribution in [0.2, 0.25) is 0 Å². The van der Waals surface area contributed by atoms with Gasteiger partial charge in [-0.15, -0.1) is 11.3 Å². The smallest absolute Gasteiger partial charge is 0.191 e. The summed E-state index contributed by atoms with van der Waals surface area (Å²) < 4.78 is 5.65. The molecule has 2 heterocycles. The van der Waals surface area contributed by atoms with Crippen molar-refractivity contribution < 1.29 is 4.74 Å². The molecule has 1 atom stereocenters. The molecule has 4 nitrogen and oxygen atoms in total. The van der Waals surface area contributed by atoms with Gasteiger partial charge in [0.25, 0.3) is 0 Å². The zero-order valence-electron chi connectivity index (χ0n) is 11.8. The van der Waals surface area contributed by atoms with Crippen molar-refractivity contribution in [1.29, 1.82) is 0 Å². The summed E-state index contributed by atoms with van der Waals surface area (Å²) in [6, 6.07) is 4.21. The Labute approximate surface area is 124 Å². The van der Waals surface area contributed by atoms with E-state index in [-0.39, 0.29) is 0 Å². The number of hydrogen-bond acceptors (Lipinski definition) is 3. The van der Waals surface area contributed by atoms with Crippen LogP contribution in [0.1, 0.15) is 30.6 Å². The van der Waals surface area contributed by atoms with Crippen molar-refractivity contribution in [2.45, 2.75) is 38.3 Å². The van der Waals surface area contributed by atoms with Gasteiger partial charge in [-0.1, -0.05) is 6.07 Å². The minimum Gasteiger partial charge on any atom is -0.376 e. The van der Waals surface area contributed by atoms with Crippen molar-refractivity contribution in [3.63, 3.8) is 0 Å². The lowest BCUT2D eigenvalue weighted by atomic mass is 10.2. The number of nitrogens with one attached hydrogen (secondary N) is 2. The number of hydrogen-bond donors (Lipinski definition) is 2. The van der Waals surface area contributed by atoms with Gasteiger partial charge < -0.3 is 15.4 Å². The van der Waals surface area contributed by atoms with Gasteiger partial charge in [-0.25, -0.2) is 4.99 Å². The second-order valence-electron chi connectivity index (χ2n) is 5.58. The van der Waals surface area contributed by atoms with Gasteiger partial charge in [0, 0.05) is 24.6 Å². The zero-order chi connectivity index (χ0) is 13.6. The molecule has 1 aliphatic heterocycles. The molecule has 2 N–H and O–H groups in total. The molecule has 1 saturated carbocycles. The molecular formula is C15H23N3OS. The van der Waals surface area contributed by atoms with Crippen molar-refractivity contribution in [1.82, 2.24) is 10.6 Å². The van der Waals surface area contributed by atoms with Crippen molar-refractivity contribution in [3.05, 3.63) is 22.4 Å². The van der Waals surface area contributed by atoms with E-state index in [9.17, 15) is 0 Å². The maximum atomic E-state index is 5.65. The van der Waals surface area contributed by atoms with Crippen LogP contribution >= 0.6 is 11.3 Å². The molecule has 1 aromatic heterocycles. The van der Waals surface area contributed by atoms with Gasteiger partial charge in [0.05, 0.1) is 12.6 Å². The number of rotatable bonds is 6. The summed E-state index contributed by atoms with van der Waals surface area (Å²) in [5.41, 5.74) is 0. The lowest BCUT2D eigenvalue weighted by Crippen LogP contribution is -2.41. The van der Waals surface area contributed by atoms with E-state index in [4.69, 9.17) is 4.74 Å². The van der Waals surface area contributed by atoms with Crippen LogP contribution in [0.4, 0.5) is 0 Å². The monoisotopic (exact) mass is 293 g/mol. The Morgan fingerprint density at radius 3 is 2.90 bits per heavy atom. The molecule has 0 radical (unpaired) electrons. The zero-order valence-corrected chi connectivity index (χ0v) is 12.6. The summed E-state index contributed by atoms with van der Waals surface area (Å²) in [6.45, 7) is 3.56. The maximum absolute atomic E-state index is 5.65. The molecule has 3 rings (SSSR count). The average Bonchev–Trinajstić information content (AvgIpc) is 2.95. The van der Waals surface area contributed by atoms with Crippen LogP contribution in [0, 0.1) is 5.92 Å². The number of ether oxygens (including phenoxy) is 1. The van der Waals surface area contributed by atoms with Crippen LogP contribution in [-0.4, -0.2) is 31.8 Å². The van der Waals surface area contributed by atoms with Crippen LogP contribution < -0.4 is 10.6 Å². The first-order valence-corrected chi connectivity index (χ1v) is 8.44. The molecule has 1 unspecified atom stereocenters. The highest BCUT2D eigenvalue weighted by atomic mass is 32.1. The fourth-order valence-corrected chi connectivity index (χ4v) is 2.94. The molecule has 2 aliphatic rings. The summed E-state index contributed by atoms with van der Waals surface area (Å²) in [5, 5.41) is 8.98. The Morgan fingerprint density at radius 1 is 1.30 bits per heavy atom. The van der Waals surface area contributed by atoms with E-state index in [0.29, 0.717) is 6.10 Å². The molecule has 0 bridgehead atoms. The van der Waals surface area contributed by atoms with Crippen LogP contribution in [0.25, 0.3) is 0 Å². The minimum atomic E-state index is 0.352. The minimum absolute atomic E-state index is 0.352. The van der Waals surface area contributed by atoms with Gasteiger partial charge >= 0.3 is 0 Å². The highest BCUT2D eigenvalue weighted by Crippen LogP contribution is 2.27. The topological polar surface area (TPSA) is 45.7 Å². The molecule has 2 fully saturated rings. The fraction of sp³-hybridized carbons (Fsp3) is 0.667. The standard InChI is InChI=1S/C15H23N3OS/c1-3-13(19-7-1)10-17-15(16-9-12-5-6-12)18-11-14-4-2-8-20-14/h2,4,8,12-13H,1,3,5-7,9-11H2,(H2,16,17,18). The highest BCUT2D eigenvalue weighted by molar-refractivity contribution is 7.09. The Hall–Kier alpha value is -1.07. The summed E-state index contributed by atoms with van der Waals surface area (Å²) in [7, 11) is 0. The third-order valence-electron chi connectivity index (χ3n) is 3.75. The van der Waals surface area contributed by atoms with Crippen molar-refractivity contribution in [3.8, 4) is 0 Å². The van der Waals surface area contributed by atoms with E-state index in [1.807, 2.05) is 0 Å². The van der Waals surface area contributed by atoms with Crippen LogP contribution in [0.15, 0.2) is 22.5 Å². The largest absolute Gasteiger partial charge is 0.376 e. The van der Waals surface area contributed by atoms with Gasteiger partial charge in [-0.05, 0) is 43.0 Å². The van der Waals surface area contributed by atoms with E-state index < -0.39 is 0 Å². The lowest BCUT2D eigenvalue weighted by Gasteiger charge is -2.15. The van der Waals surface area contributed by atoms with Crippen LogP contribution in [-0.2, 0) is 11.3 Å². The predicted octanol–water partition coefficient (Wildman–Crippen LogP) is 2.37. The van der Waals surface area contributed by atoms with E-state index in [1.165, 1.54) is 24.1 Å². The Bertz CT molecular complexity index is 422. The van der Waals surface area contributed by atoms with Crippen LogP contribution in [0.5, 0.6) is 0 Å². The normalized spacial score (nSPS) is 23.0. The molecule has 1 aromatic rings. The second-order valence-corrected chi connectivity index (χ2v) is 6.62. The average molecular weight is 293 g/mol. The third-order valence-corrected chi connectivity index (χ3v) is 4.61. The molecule has 110 valence electrons. The first-order chi connectivity index (χ1) is 9.90. The van der Waals surface area contributed by atoms with Gasteiger partial charge in [0.1, 0.15) is 0 Å². The maximum Gasteiger partial charge on any atom is 0.191 e. The van der Waals surface area contributed by atoms with Crippen molar-refractivity contribution in [2.75, 3.05) is 19.7 Å². The molecule has 20 heavy (non-hydrogen) atoms.